The van der Waals surface area contributed by atoms with E-state index in [9.17, 15) is 0 Å². The standard InChI is InChI=1S/C10H19/c1-4-6-7-9-10(3)8-5-2/h5,10H,1-2,4,6-9H2,3H3. The van der Waals surface area contributed by atoms with Crippen LogP contribution in [-0.2, 0) is 0 Å². The summed E-state index contributed by atoms with van der Waals surface area (Å²) in [6, 6.07) is 0. The Bertz CT molecular complexity index is 74.1. The van der Waals surface area contributed by atoms with Crippen LogP contribution >= 0.6 is 0 Å². The van der Waals surface area contributed by atoms with Gasteiger partial charge in [-0.1, -0.05) is 45.6 Å². The molecule has 0 saturated carbocycles. The molecule has 0 spiro atoms. The fraction of sp³-hybridized carbons (Fsp3) is 0.700. The average Bonchev–Trinajstić information content (AvgIpc) is 1.89. The molecule has 0 fully saturated rings. The van der Waals surface area contributed by atoms with Gasteiger partial charge in [0.15, 0.2) is 0 Å². The first kappa shape index (κ1) is 9.74. The summed E-state index contributed by atoms with van der Waals surface area (Å²) >= 11 is 0. The zero-order valence-corrected chi connectivity index (χ0v) is 7.10. The lowest BCUT2D eigenvalue weighted by Gasteiger charge is -2.06. The van der Waals surface area contributed by atoms with Crippen LogP contribution in [0.5, 0.6) is 0 Å². The Morgan fingerprint density at radius 1 is 1.40 bits per heavy atom. The van der Waals surface area contributed by atoms with Gasteiger partial charge in [-0.15, -0.1) is 6.58 Å². The van der Waals surface area contributed by atoms with Crippen molar-refractivity contribution >= 4 is 0 Å². The molecule has 0 bridgehead atoms. The van der Waals surface area contributed by atoms with Crippen molar-refractivity contribution < 1.29 is 0 Å². The summed E-state index contributed by atoms with van der Waals surface area (Å²) in [5, 5.41) is 0. The zero-order valence-electron chi connectivity index (χ0n) is 7.10. The molecule has 0 aliphatic carbocycles. The minimum Gasteiger partial charge on any atom is -0.103 e. The second kappa shape index (κ2) is 6.85. The first-order valence-corrected chi connectivity index (χ1v) is 4.21. The number of hydrogen-bond donors (Lipinski definition) is 0. The molecule has 0 aromatic carbocycles. The predicted octanol–water partition coefficient (Wildman–Crippen LogP) is 3.59. The molecule has 59 valence electrons. The van der Waals surface area contributed by atoms with E-state index in [2.05, 4.69) is 20.4 Å². The summed E-state index contributed by atoms with van der Waals surface area (Å²) in [6.45, 7) is 9.81. The third-order valence-electron chi connectivity index (χ3n) is 1.77. The Labute approximate surface area is 65.3 Å². The van der Waals surface area contributed by atoms with Crippen molar-refractivity contribution in [3.63, 3.8) is 0 Å². The van der Waals surface area contributed by atoms with Crippen molar-refractivity contribution in [2.75, 3.05) is 0 Å². The van der Waals surface area contributed by atoms with Gasteiger partial charge in [-0.05, 0) is 12.3 Å². The third kappa shape index (κ3) is 5.87. The van der Waals surface area contributed by atoms with E-state index >= 15 is 0 Å². The highest BCUT2D eigenvalue weighted by atomic mass is 14.0. The molecule has 0 rings (SSSR count). The van der Waals surface area contributed by atoms with Crippen LogP contribution in [0.1, 0.15) is 39.0 Å². The largest absolute Gasteiger partial charge is 0.103 e. The van der Waals surface area contributed by atoms with Crippen LogP contribution in [0, 0.1) is 12.8 Å². The second-order valence-electron chi connectivity index (χ2n) is 2.98. The minimum atomic E-state index is 0.823. The fourth-order valence-electron chi connectivity index (χ4n) is 1.07. The summed E-state index contributed by atoms with van der Waals surface area (Å²) < 4.78 is 0. The molecule has 0 heterocycles. The molecule has 0 amide bonds. The summed E-state index contributed by atoms with van der Waals surface area (Å²) in [6.07, 6.45) is 8.20. The van der Waals surface area contributed by atoms with Crippen molar-refractivity contribution in [3.05, 3.63) is 19.6 Å². The van der Waals surface area contributed by atoms with Gasteiger partial charge in [0.25, 0.3) is 0 Å². The van der Waals surface area contributed by atoms with E-state index in [1.807, 2.05) is 6.08 Å². The SMILES string of the molecule is [CH2]CCCCC(C)CC=C. The number of rotatable bonds is 6. The normalized spacial score (nSPS) is 13.0. The Hall–Kier alpha value is -0.260. The molecule has 0 aliphatic heterocycles. The summed E-state index contributed by atoms with van der Waals surface area (Å²) in [5.74, 6) is 0.823. The Morgan fingerprint density at radius 2 is 2.10 bits per heavy atom. The van der Waals surface area contributed by atoms with Gasteiger partial charge in [0.2, 0.25) is 0 Å². The lowest BCUT2D eigenvalue weighted by Crippen LogP contribution is -1.91. The fourth-order valence-corrected chi connectivity index (χ4v) is 1.07. The highest BCUT2D eigenvalue weighted by Crippen LogP contribution is 2.12. The average molecular weight is 139 g/mol. The van der Waals surface area contributed by atoms with E-state index in [0.29, 0.717) is 0 Å². The Kier molecular flexibility index (Phi) is 6.68. The van der Waals surface area contributed by atoms with Crippen molar-refractivity contribution in [2.24, 2.45) is 5.92 Å². The van der Waals surface area contributed by atoms with Crippen LogP contribution in [0.3, 0.4) is 0 Å². The lowest BCUT2D eigenvalue weighted by molar-refractivity contribution is 0.505. The van der Waals surface area contributed by atoms with Gasteiger partial charge in [0.05, 0.1) is 0 Å². The van der Waals surface area contributed by atoms with Gasteiger partial charge in [0, 0.05) is 0 Å². The van der Waals surface area contributed by atoms with E-state index in [1.165, 1.54) is 19.3 Å². The Balaban J connectivity index is 3.04. The van der Waals surface area contributed by atoms with Crippen LogP contribution in [0.2, 0.25) is 0 Å². The van der Waals surface area contributed by atoms with E-state index < -0.39 is 0 Å². The summed E-state index contributed by atoms with van der Waals surface area (Å²) in [7, 11) is 0. The topological polar surface area (TPSA) is 0 Å². The van der Waals surface area contributed by atoms with E-state index in [1.54, 1.807) is 0 Å². The van der Waals surface area contributed by atoms with Crippen molar-refractivity contribution in [2.45, 2.75) is 39.0 Å². The monoisotopic (exact) mass is 139 g/mol. The molecule has 0 heteroatoms. The van der Waals surface area contributed by atoms with Gasteiger partial charge in [0.1, 0.15) is 0 Å². The van der Waals surface area contributed by atoms with Gasteiger partial charge >= 0.3 is 0 Å². The maximum atomic E-state index is 3.81. The highest BCUT2D eigenvalue weighted by molar-refractivity contribution is 4.70. The van der Waals surface area contributed by atoms with Crippen LogP contribution in [0.15, 0.2) is 12.7 Å². The maximum absolute atomic E-state index is 3.81. The predicted molar refractivity (Wildman–Crippen MR) is 47.8 cm³/mol. The zero-order chi connectivity index (χ0) is 7.82. The first-order chi connectivity index (χ1) is 4.81. The molecule has 0 aromatic rings. The molecule has 0 aromatic heterocycles. The van der Waals surface area contributed by atoms with Gasteiger partial charge < -0.3 is 0 Å². The molecule has 1 atom stereocenters. The minimum absolute atomic E-state index is 0.823. The molecular formula is C10H19. The molecule has 10 heavy (non-hydrogen) atoms. The molecular weight excluding hydrogens is 120 g/mol. The van der Waals surface area contributed by atoms with Crippen LogP contribution < -0.4 is 0 Å². The molecule has 1 radical (unpaired) electrons. The highest BCUT2D eigenvalue weighted by Gasteiger charge is 1.97. The van der Waals surface area contributed by atoms with Crippen LogP contribution in [0.25, 0.3) is 0 Å². The third-order valence-corrected chi connectivity index (χ3v) is 1.77. The van der Waals surface area contributed by atoms with Crippen LogP contribution in [-0.4, -0.2) is 0 Å². The van der Waals surface area contributed by atoms with Gasteiger partial charge in [-0.2, -0.15) is 0 Å². The summed E-state index contributed by atoms with van der Waals surface area (Å²) in [5.41, 5.74) is 0. The van der Waals surface area contributed by atoms with Crippen molar-refractivity contribution in [3.8, 4) is 0 Å². The molecule has 0 nitrogen and oxygen atoms in total. The molecule has 0 saturated heterocycles. The lowest BCUT2D eigenvalue weighted by atomic mass is 10.0. The van der Waals surface area contributed by atoms with E-state index in [0.717, 1.165) is 18.8 Å². The summed E-state index contributed by atoms with van der Waals surface area (Å²) in [4.78, 5) is 0. The molecule has 0 aliphatic rings. The quantitative estimate of drug-likeness (QED) is 0.389. The first-order valence-electron chi connectivity index (χ1n) is 4.21. The number of hydrogen-bond acceptors (Lipinski definition) is 0. The van der Waals surface area contributed by atoms with E-state index in [4.69, 9.17) is 0 Å². The van der Waals surface area contributed by atoms with Crippen LogP contribution in [0.4, 0.5) is 0 Å². The van der Waals surface area contributed by atoms with E-state index in [-0.39, 0.29) is 0 Å². The number of unbranched alkanes of at least 4 members (excludes halogenated alkanes) is 2. The smallest absolute Gasteiger partial charge is 0.0328 e. The second-order valence-corrected chi connectivity index (χ2v) is 2.98. The maximum Gasteiger partial charge on any atom is -0.0328 e. The van der Waals surface area contributed by atoms with Gasteiger partial charge in [-0.3, -0.25) is 0 Å². The van der Waals surface area contributed by atoms with Crippen molar-refractivity contribution in [1.82, 2.24) is 0 Å². The number of allylic oxidation sites excluding steroid dienone is 1. The molecule has 1 unspecified atom stereocenters. The van der Waals surface area contributed by atoms with Crippen molar-refractivity contribution in [1.29, 1.82) is 0 Å². The van der Waals surface area contributed by atoms with Gasteiger partial charge in [-0.25, -0.2) is 0 Å². The molecule has 0 N–H and O–H groups in total. The Morgan fingerprint density at radius 3 is 2.60 bits per heavy atom.